The molecule has 0 N–H and O–H groups in total. The minimum Gasteiger partial charge on any atom is -0.280 e. The summed E-state index contributed by atoms with van der Waals surface area (Å²) in [4.78, 5) is 10.3. The second kappa shape index (κ2) is 4.40. The highest BCUT2D eigenvalue weighted by atomic mass is 79.9. The van der Waals surface area contributed by atoms with Crippen molar-refractivity contribution in [2.45, 2.75) is 4.83 Å². The molecule has 12 heavy (non-hydrogen) atoms. The second-order valence-electron chi connectivity index (χ2n) is 2.22. The molecule has 0 amide bonds. The van der Waals surface area contributed by atoms with E-state index >= 15 is 0 Å². The van der Waals surface area contributed by atoms with Crippen LogP contribution < -0.4 is 0 Å². The predicted molar refractivity (Wildman–Crippen MR) is 56.7 cm³/mol. The third-order valence-electron chi connectivity index (χ3n) is 1.34. The number of carbonyl (C=O) groups is 1. The maximum Gasteiger partial charge on any atom is 0.239 e. The molecular weight excluding hydrogens is 307 g/mol. The smallest absolute Gasteiger partial charge is 0.239 e. The van der Waals surface area contributed by atoms with Crippen molar-refractivity contribution in [1.29, 1.82) is 0 Å². The lowest BCUT2D eigenvalue weighted by Crippen LogP contribution is -1.97. The summed E-state index contributed by atoms with van der Waals surface area (Å²) in [5, 5.41) is -0.409. The van der Waals surface area contributed by atoms with E-state index < -0.39 is 10.1 Å². The van der Waals surface area contributed by atoms with Crippen LogP contribution in [0.2, 0.25) is 0 Å². The number of rotatable bonds is 2. The number of carbonyl (C=O) groups excluding carboxylic acids is 1. The molecule has 0 radical (unpaired) electrons. The lowest BCUT2D eigenvalue weighted by Gasteiger charge is -2.04. The number of hydrogen-bond acceptors (Lipinski definition) is 1. The number of hydrogen-bond donors (Lipinski definition) is 0. The molecule has 0 saturated carbocycles. The topological polar surface area (TPSA) is 17.1 Å². The van der Waals surface area contributed by atoms with Gasteiger partial charge in [-0.15, -0.1) is 0 Å². The molecule has 1 nitrogen and oxygen atoms in total. The lowest BCUT2D eigenvalue weighted by molar-refractivity contribution is -0.111. The van der Waals surface area contributed by atoms with Gasteiger partial charge in [0.05, 0.1) is 0 Å². The van der Waals surface area contributed by atoms with Crippen LogP contribution in [0.4, 0.5) is 0 Å². The Labute approximate surface area is 92.4 Å². The standard InChI is InChI=1S/C8H5Br2ClO/c9-6-3-1-2-5(4-6)7(10)8(11)12/h1-4,7H. The monoisotopic (exact) mass is 310 g/mol. The Morgan fingerprint density at radius 1 is 1.50 bits per heavy atom. The third-order valence-corrected chi connectivity index (χ3v) is 3.26. The summed E-state index contributed by atoms with van der Waals surface area (Å²) >= 11 is 11.8. The fourth-order valence-electron chi connectivity index (χ4n) is 0.795. The minimum absolute atomic E-state index is 0.409. The quantitative estimate of drug-likeness (QED) is 0.602. The highest BCUT2D eigenvalue weighted by Gasteiger charge is 2.13. The summed E-state index contributed by atoms with van der Waals surface area (Å²) in [5.74, 6) is 0. The van der Waals surface area contributed by atoms with Gasteiger partial charge in [-0.25, -0.2) is 0 Å². The summed E-state index contributed by atoms with van der Waals surface area (Å²) in [6.07, 6.45) is 0. The van der Waals surface area contributed by atoms with Gasteiger partial charge in [0.15, 0.2) is 0 Å². The van der Waals surface area contributed by atoms with Gasteiger partial charge in [0, 0.05) is 4.47 Å². The zero-order chi connectivity index (χ0) is 9.14. The van der Waals surface area contributed by atoms with E-state index in [4.69, 9.17) is 11.6 Å². The molecule has 0 aliphatic rings. The van der Waals surface area contributed by atoms with Gasteiger partial charge >= 0.3 is 0 Å². The Morgan fingerprint density at radius 2 is 2.17 bits per heavy atom. The van der Waals surface area contributed by atoms with Crippen LogP contribution in [0.1, 0.15) is 10.4 Å². The van der Waals surface area contributed by atoms with E-state index in [9.17, 15) is 4.79 Å². The Balaban J connectivity index is 2.95. The molecule has 0 aliphatic carbocycles. The predicted octanol–water partition coefficient (Wildman–Crippen LogP) is 3.65. The van der Waals surface area contributed by atoms with Crippen LogP contribution in [0.15, 0.2) is 28.7 Å². The van der Waals surface area contributed by atoms with Gasteiger partial charge in [0.1, 0.15) is 4.83 Å². The van der Waals surface area contributed by atoms with Crippen molar-refractivity contribution in [2.75, 3.05) is 0 Å². The van der Waals surface area contributed by atoms with Crippen LogP contribution in [0.25, 0.3) is 0 Å². The van der Waals surface area contributed by atoms with Gasteiger partial charge in [-0.3, -0.25) is 4.79 Å². The van der Waals surface area contributed by atoms with Crippen molar-refractivity contribution in [3.63, 3.8) is 0 Å². The molecule has 0 fully saturated rings. The van der Waals surface area contributed by atoms with E-state index in [1.807, 2.05) is 24.3 Å². The molecule has 0 spiro atoms. The van der Waals surface area contributed by atoms with Gasteiger partial charge in [-0.2, -0.15) is 0 Å². The van der Waals surface area contributed by atoms with Gasteiger partial charge in [-0.05, 0) is 29.3 Å². The normalized spacial score (nSPS) is 12.6. The van der Waals surface area contributed by atoms with Gasteiger partial charge in [0.25, 0.3) is 0 Å². The van der Waals surface area contributed by atoms with Gasteiger partial charge < -0.3 is 0 Å². The molecule has 4 heteroatoms. The molecule has 0 aliphatic heterocycles. The van der Waals surface area contributed by atoms with Gasteiger partial charge in [0.2, 0.25) is 5.24 Å². The number of alkyl halides is 1. The van der Waals surface area contributed by atoms with E-state index in [1.54, 1.807) is 0 Å². The molecule has 1 atom stereocenters. The Hall–Kier alpha value is 0.140. The molecular formula is C8H5Br2ClO. The maximum absolute atomic E-state index is 10.8. The summed E-state index contributed by atoms with van der Waals surface area (Å²) in [6, 6.07) is 7.43. The SMILES string of the molecule is O=C(Cl)C(Br)c1cccc(Br)c1. The van der Waals surface area contributed by atoms with Gasteiger partial charge in [-0.1, -0.05) is 44.0 Å². The van der Waals surface area contributed by atoms with Crippen LogP contribution in [-0.4, -0.2) is 5.24 Å². The average molecular weight is 312 g/mol. The molecule has 0 bridgehead atoms. The first-order chi connectivity index (χ1) is 5.61. The average Bonchev–Trinajstić information content (AvgIpc) is 2.03. The fraction of sp³-hybridized carbons (Fsp3) is 0.125. The fourth-order valence-corrected chi connectivity index (χ4v) is 1.62. The van der Waals surface area contributed by atoms with Crippen molar-refractivity contribution >= 4 is 48.7 Å². The molecule has 64 valence electrons. The first kappa shape index (κ1) is 10.2. The first-order valence-electron chi connectivity index (χ1n) is 3.20. The zero-order valence-corrected chi connectivity index (χ0v) is 9.86. The Morgan fingerprint density at radius 3 is 2.67 bits per heavy atom. The van der Waals surface area contributed by atoms with E-state index in [2.05, 4.69) is 31.9 Å². The van der Waals surface area contributed by atoms with E-state index in [-0.39, 0.29) is 0 Å². The van der Waals surface area contributed by atoms with Crippen LogP contribution in [0.3, 0.4) is 0 Å². The number of halogens is 3. The van der Waals surface area contributed by atoms with Crippen molar-refractivity contribution in [2.24, 2.45) is 0 Å². The summed E-state index contributed by atoms with van der Waals surface area (Å²) in [7, 11) is 0. The zero-order valence-electron chi connectivity index (χ0n) is 5.93. The van der Waals surface area contributed by atoms with E-state index in [0.717, 1.165) is 10.0 Å². The second-order valence-corrected chi connectivity index (χ2v) is 4.43. The van der Waals surface area contributed by atoms with Crippen molar-refractivity contribution in [1.82, 2.24) is 0 Å². The highest BCUT2D eigenvalue weighted by molar-refractivity contribution is 9.10. The lowest BCUT2D eigenvalue weighted by atomic mass is 10.2. The van der Waals surface area contributed by atoms with Crippen LogP contribution in [-0.2, 0) is 4.79 Å². The summed E-state index contributed by atoms with van der Waals surface area (Å²) in [6.45, 7) is 0. The van der Waals surface area contributed by atoms with Crippen LogP contribution >= 0.6 is 43.5 Å². The highest BCUT2D eigenvalue weighted by Crippen LogP contribution is 2.27. The summed E-state index contributed by atoms with van der Waals surface area (Å²) in [5.41, 5.74) is 0.851. The Kier molecular flexibility index (Phi) is 3.75. The Bertz CT molecular complexity index is 301. The molecule has 0 heterocycles. The minimum atomic E-state index is -0.420. The van der Waals surface area contributed by atoms with Crippen LogP contribution in [0.5, 0.6) is 0 Å². The molecule has 1 aromatic rings. The van der Waals surface area contributed by atoms with Crippen LogP contribution in [0, 0.1) is 0 Å². The van der Waals surface area contributed by atoms with Crippen molar-refractivity contribution in [3.05, 3.63) is 34.3 Å². The molecule has 0 aromatic heterocycles. The molecule has 0 saturated heterocycles. The molecule has 1 aromatic carbocycles. The third kappa shape index (κ3) is 2.57. The molecule has 1 rings (SSSR count). The molecule has 1 unspecified atom stereocenters. The largest absolute Gasteiger partial charge is 0.280 e. The van der Waals surface area contributed by atoms with Crippen molar-refractivity contribution < 1.29 is 4.79 Å². The summed E-state index contributed by atoms with van der Waals surface area (Å²) < 4.78 is 0.933. The van der Waals surface area contributed by atoms with E-state index in [1.165, 1.54) is 0 Å². The van der Waals surface area contributed by atoms with Crippen molar-refractivity contribution in [3.8, 4) is 0 Å². The maximum atomic E-state index is 10.8. The number of benzene rings is 1. The first-order valence-corrected chi connectivity index (χ1v) is 5.29. The van der Waals surface area contributed by atoms with E-state index in [0.29, 0.717) is 0 Å².